The molecule has 1 unspecified atom stereocenters. The number of aliphatic hydroxyl groups is 1. The summed E-state index contributed by atoms with van der Waals surface area (Å²) in [6.45, 7) is 0.103. The van der Waals surface area contributed by atoms with Crippen LogP contribution in [0.5, 0.6) is 0 Å². The Morgan fingerprint density at radius 2 is 2.28 bits per heavy atom. The molecule has 1 heterocycles. The van der Waals surface area contributed by atoms with E-state index in [4.69, 9.17) is 5.26 Å². The first-order valence-electron chi connectivity index (χ1n) is 5.20. The number of β-amino-alcohol motifs (C(OH)–C–C–N with tert-alkyl or cyclic N) is 1. The molecule has 1 aromatic rings. The quantitative estimate of drug-likeness (QED) is 0.607. The van der Waals surface area contributed by atoms with Gasteiger partial charge in [0.2, 0.25) is 5.91 Å². The molecule has 1 saturated heterocycles. The van der Waals surface area contributed by atoms with Crippen LogP contribution in [0.2, 0.25) is 0 Å². The van der Waals surface area contributed by atoms with Crippen molar-refractivity contribution in [1.29, 1.82) is 5.26 Å². The van der Waals surface area contributed by atoms with Crippen molar-refractivity contribution in [1.82, 2.24) is 0 Å². The topological polar surface area (TPSA) is 107 Å². The summed E-state index contributed by atoms with van der Waals surface area (Å²) in [7, 11) is 0. The van der Waals surface area contributed by atoms with Crippen LogP contribution in [0.3, 0.4) is 0 Å². The molecule has 1 N–H and O–H groups in total. The SMILES string of the molecule is N#Cc1cc([N+](=O)[O-])ccc1N1CC(O)CC1=O. The number of nitrogens with zero attached hydrogens (tertiary/aromatic N) is 3. The first-order valence-corrected chi connectivity index (χ1v) is 5.20. The summed E-state index contributed by atoms with van der Waals surface area (Å²) in [6.07, 6.45) is -0.763. The van der Waals surface area contributed by atoms with Crippen molar-refractivity contribution in [2.75, 3.05) is 11.4 Å². The molecule has 1 aliphatic rings. The third-order valence-electron chi connectivity index (χ3n) is 2.71. The van der Waals surface area contributed by atoms with Gasteiger partial charge in [-0.05, 0) is 6.07 Å². The van der Waals surface area contributed by atoms with Gasteiger partial charge in [0.05, 0.1) is 35.2 Å². The molecule has 1 amide bonds. The van der Waals surface area contributed by atoms with Gasteiger partial charge in [-0.25, -0.2) is 0 Å². The lowest BCUT2D eigenvalue weighted by atomic mass is 10.1. The maximum Gasteiger partial charge on any atom is 0.270 e. The van der Waals surface area contributed by atoms with Gasteiger partial charge in [0.15, 0.2) is 0 Å². The highest BCUT2D eigenvalue weighted by Crippen LogP contribution is 2.28. The highest BCUT2D eigenvalue weighted by Gasteiger charge is 2.31. The minimum atomic E-state index is -0.765. The fourth-order valence-corrected chi connectivity index (χ4v) is 1.88. The largest absolute Gasteiger partial charge is 0.391 e. The normalized spacial score (nSPS) is 18.8. The van der Waals surface area contributed by atoms with E-state index in [0.29, 0.717) is 5.69 Å². The summed E-state index contributed by atoms with van der Waals surface area (Å²) >= 11 is 0. The molecule has 0 spiro atoms. The molecular weight excluding hydrogens is 238 g/mol. The van der Waals surface area contributed by atoms with Gasteiger partial charge in [-0.1, -0.05) is 0 Å². The molecule has 1 aliphatic heterocycles. The van der Waals surface area contributed by atoms with Gasteiger partial charge in [0, 0.05) is 12.1 Å². The van der Waals surface area contributed by atoms with Crippen molar-refractivity contribution in [2.24, 2.45) is 0 Å². The Balaban J connectivity index is 2.43. The number of carbonyl (C=O) groups is 1. The number of amides is 1. The molecule has 7 heteroatoms. The highest BCUT2D eigenvalue weighted by molar-refractivity contribution is 5.97. The second kappa shape index (κ2) is 4.43. The Morgan fingerprint density at radius 3 is 2.78 bits per heavy atom. The van der Waals surface area contributed by atoms with Crippen LogP contribution in [0.25, 0.3) is 0 Å². The van der Waals surface area contributed by atoms with Crippen LogP contribution in [0.15, 0.2) is 18.2 Å². The number of hydrogen-bond donors (Lipinski definition) is 1. The Kier molecular flexibility index (Phi) is 2.95. The summed E-state index contributed by atoms with van der Waals surface area (Å²) in [5.41, 5.74) is 0.138. The zero-order valence-electron chi connectivity index (χ0n) is 9.24. The number of hydrogen-bond acceptors (Lipinski definition) is 5. The van der Waals surface area contributed by atoms with Crippen LogP contribution < -0.4 is 4.90 Å². The van der Waals surface area contributed by atoms with Crippen LogP contribution in [0.4, 0.5) is 11.4 Å². The summed E-state index contributed by atoms with van der Waals surface area (Å²) in [5.74, 6) is -0.298. The Morgan fingerprint density at radius 1 is 1.56 bits per heavy atom. The molecular formula is C11H9N3O4. The Labute approximate surface area is 102 Å². The highest BCUT2D eigenvalue weighted by atomic mass is 16.6. The summed E-state index contributed by atoms with van der Waals surface area (Å²) in [5, 5.41) is 28.9. The van der Waals surface area contributed by atoms with Crippen molar-refractivity contribution in [2.45, 2.75) is 12.5 Å². The second-order valence-corrected chi connectivity index (χ2v) is 3.93. The van der Waals surface area contributed by atoms with Gasteiger partial charge in [-0.2, -0.15) is 5.26 Å². The average Bonchev–Trinajstić information content (AvgIpc) is 2.67. The number of benzene rings is 1. The lowest BCUT2D eigenvalue weighted by Crippen LogP contribution is -2.26. The van der Waals surface area contributed by atoms with E-state index in [-0.39, 0.29) is 30.1 Å². The lowest BCUT2D eigenvalue weighted by molar-refractivity contribution is -0.384. The number of non-ortho nitro benzene ring substituents is 1. The van der Waals surface area contributed by atoms with Gasteiger partial charge in [-0.15, -0.1) is 0 Å². The van der Waals surface area contributed by atoms with Gasteiger partial charge >= 0.3 is 0 Å². The number of nitro benzene ring substituents is 1. The number of rotatable bonds is 2. The first kappa shape index (κ1) is 12.0. The zero-order chi connectivity index (χ0) is 13.3. The molecule has 1 fully saturated rings. The summed E-state index contributed by atoms with van der Waals surface area (Å²) < 4.78 is 0. The van der Waals surface area contributed by atoms with Crippen LogP contribution in [-0.2, 0) is 4.79 Å². The third kappa shape index (κ3) is 2.01. The molecule has 0 bridgehead atoms. The predicted molar refractivity (Wildman–Crippen MR) is 60.8 cm³/mol. The Hall–Kier alpha value is -2.46. The number of aliphatic hydroxyl groups excluding tert-OH is 1. The standard InChI is InChI=1S/C11H9N3O4/c12-5-7-3-8(14(17)18)1-2-10(7)13-6-9(15)4-11(13)16/h1-3,9,15H,4,6H2. The molecule has 0 saturated carbocycles. The fraction of sp³-hybridized carbons (Fsp3) is 0.273. The second-order valence-electron chi connectivity index (χ2n) is 3.93. The molecule has 1 atom stereocenters. The van der Waals surface area contributed by atoms with E-state index in [0.717, 1.165) is 6.07 Å². The maximum absolute atomic E-state index is 11.6. The molecule has 1 aromatic carbocycles. The van der Waals surface area contributed by atoms with E-state index in [1.54, 1.807) is 0 Å². The van der Waals surface area contributed by atoms with Crippen LogP contribution in [0.1, 0.15) is 12.0 Å². The van der Waals surface area contributed by atoms with Gasteiger partial charge in [0.1, 0.15) is 6.07 Å². The smallest absolute Gasteiger partial charge is 0.270 e. The molecule has 0 aliphatic carbocycles. The van der Waals surface area contributed by atoms with E-state index in [9.17, 15) is 20.0 Å². The molecule has 18 heavy (non-hydrogen) atoms. The monoisotopic (exact) mass is 247 g/mol. The molecule has 7 nitrogen and oxygen atoms in total. The van der Waals surface area contributed by atoms with Gasteiger partial charge < -0.3 is 10.0 Å². The molecule has 0 aromatic heterocycles. The van der Waals surface area contributed by atoms with Gasteiger partial charge in [0.25, 0.3) is 5.69 Å². The minimum Gasteiger partial charge on any atom is -0.391 e. The van der Waals surface area contributed by atoms with E-state index in [1.807, 2.05) is 6.07 Å². The predicted octanol–water partition coefficient (Wildman–Crippen LogP) is 0.564. The number of carbonyl (C=O) groups excluding carboxylic acids is 1. The van der Waals surface area contributed by atoms with Crippen molar-refractivity contribution < 1.29 is 14.8 Å². The van der Waals surface area contributed by atoms with Crippen molar-refractivity contribution >= 4 is 17.3 Å². The van der Waals surface area contributed by atoms with E-state index < -0.39 is 11.0 Å². The zero-order valence-corrected chi connectivity index (χ0v) is 9.24. The van der Waals surface area contributed by atoms with E-state index in [2.05, 4.69) is 0 Å². The first-order chi connectivity index (χ1) is 8.52. The number of nitro groups is 1. The Bertz CT molecular complexity index is 564. The lowest BCUT2D eigenvalue weighted by Gasteiger charge is -2.16. The summed E-state index contributed by atoms with van der Waals surface area (Å²) in [6, 6.07) is 5.53. The van der Waals surface area contributed by atoms with Gasteiger partial charge in [-0.3, -0.25) is 14.9 Å². The van der Waals surface area contributed by atoms with Crippen molar-refractivity contribution in [3.05, 3.63) is 33.9 Å². The maximum atomic E-state index is 11.6. The van der Waals surface area contributed by atoms with E-state index in [1.165, 1.54) is 17.0 Å². The molecule has 92 valence electrons. The average molecular weight is 247 g/mol. The van der Waals surface area contributed by atoms with Crippen molar-refractivity contribution in [3.8, 4) is 6.07 Å². The third-order valence-corrected chi connectivity index (χ3v) is 2.71. The van der Waals surface area contributed by atoms with Crippen LogP contribution in [0, 0.1) is 21.4 Å². The number of anilines is 1. The van der Waals surface area contributed by atoms with Crippen LogP contribution in [-0.4, -0.2) is 28.6 Å². The van der Waals surface area contributed by atoms with Crippen molar-refractivity contribution in [3.63, 3.8) is 0 Å². The minimum absolute atomic E-state index is 0.00184. The fourth-order valence-electron chi connectivity index (χ4n) is 1.88. The van der Waals surface area contributed by atoms with Crippen LogP contribution >= 0.6 is 0 Å². The summed E-state index contributed by atoms with van der Waals surface area (Å²) in [4.78, 5) is 22.9. The molecule has 2 rings (SSSR count). The van der Waals surface area contributed by atoms with E-state index >= 15 is 0 Å². The molecule has 0 radical (unpaired) electrons. The number of nitriles is 1.